The Morgan fingerprint density at radius 1 is 1.32 bits per heavy atom. The Morgan fingerprint density at radius 3 is 2.53 bits per heavy atom. The van der Waals surface area contributed by atoms with Crippen molar-refractivity contribution in [2.24, 2.45) is 0 Å². The Kier molecular flexibility index (Phi) is 3.50. The number of carboxylic acid groups (broad SMARTS) is 1. The van der Waals surface area contributed by atoms with Crippen molar-refractivity contribution in [2.45, 2.75) is 26.8 Å². The largest absolute Gasteiger partial charge is 0.475 e. The monoisotopic (exact) mass is 262 g/mol. The quantitative estimate of drug-likeness (QED) is 0.833. The minimum Gasteiger partial charge on any atom is -0.475 e. The molecule has 0 aliphatic rings. The van der Waals surface area contributed by atoms with Crippen LogP contribution < -0.4 is 0 Å². The zero-order valence-corrected chi connectivity index (χ0v) is 10.7. The van der Waals surface area contributed by atoms with E-state index in [9.17, 15) is 9.59 Å². The van der Waals surface area contributed by atoms with Gasteiger partial charge in [0.25, 0.3) is 0 Å². The van der Waals surface area contributed by atoms with Crippen molar-refractivity contribution >= 4 is 11.8 Å². The molecule has 0 unspecified atom stereocenters. The van der Waals surface area contributed by atoms with Crippen LogP contribution in [0.1, 0.15) is 46.3 Å². The van der Waals surface area contributed by atoms with Crippen molar-refractivity contribution in [1.82, 2.24) is 9.78 Å². The van der Waals surface area contributed by atoms with Gasteiger partial charge in [0.2, 0.25) is 11.5 Å². The Hall–Kier alpha value is -2.37. The number of rotatable bonds is 5. The number of nitrogens with zero attached hydrogens (tertiary/aromatic N) is 2. The van der Waals surface area contributed by atoms with E-state index in [1.807, 2.05) is 13.8 Å². The predicted molar refractivity (Wildman–Crippen MR) is 66.4 cm³/mol. The summed E-state index contributed by atoms with van der Waals surface area (Å²) in [5, 5.41) is 13.0. The average Bonchev–Trinajstić information content (AvgIpc) is 3.04. The first-order chi connectivity index (χ1) is 9.06. The van der Waals surface area contributed by atoms with Crippen molar-refractivity contribution in [1.29, 1.82) is 0 Å². The van der Waals surface area contributed by atoms with Gasteiger partial charge in [0.15, 0.2) is 5.76 Å². The van der Waals surface area contributed by atoms with E-state index in [-0.39, 0.29) is 17.3 Å². The Morgan fingerprint density at radius 2 is 2.00 bits per heavy atom. The summed E-state index contributed by atoms with van der Waals surface area (Å²) in [6.45, 7) is 4.40. The smallest absolute Gasteiger partial charge is 0.371 e. The normalized spacial score (nSPS) is 10.6. The molecule has 2 heterocycles. The van der Waals surface area contributed by atoms with Gasteiger partial charge in [0, 0.05) is 6.54 Å². The van der Waals surface area contributed by atoms with E-state index in [4.69, 9.17) is 9.52 Å². The van der Waals surface area contributed by atoms with Crippen LogP contribution in [0.25, 0.3) is 0 Å². The van der Waals surface area contributed by atoms with Gasteiger partial charge in [-0.1, -0.05) is 6.92 Å². The Labute approximate surface area is 109 Å². The minimum absolute atomic E-state index is 0.00894. The molecule has 0 atom stereocenters. The molecule has 0 fully saturated rings. The van der Waals surface area contributed by atoms with Crippen molar-refractivity contribution in [2.75, 3.05) is 0 Å². The molecule has 0 amide bonds. The number of aromatic nitrogens is 2. The summed E-state index contributed by atoms with van der Waals surface area (Å²) in [6.07, 6.45) is 0.728. The molecule has 1 N–H and O–H groups in total. The van der Waals surface area contributed by atoms with Gasteiger partial charge < -0.3 is 9.52 Å². The van der Waals surface area contributed by atoms with Crippen LogP contribution >= 0.6 is 0 Å². The summed E-state index contributed by atoms with van der Waals surface area (Å²) < 4.78 is 6.60. The Balaban J connectivity index is 2.37. The zero-order chi connectivity index (χ0) is 14.0. The van der Waals surface area contributed by atoms with Crippen LogP contribution in [0, 0.1) is 0 Å². The van der Waals surface area contributed by atoms with E-state index in [0.717, 1.165) is 12.1 Å². The molecule has 2 rings (SSSR count). The Bertz CT molecular complexity index is 624. The molecule has 0 radical (unpaired) electrons. The van der Waals surface area contributed by atoms with E-state index in [1.54, 1.807) is 10.7 Å². The van der Waals surface area contributed by atoms with Crippen LogP contribution in [0.4, 0.5) is 0 Å². The summed E-state index contributed by atoms with van der Waals surface area (Å²) in [5.74, 6) is -1.80. The molecule has 6 nitrogen and oxygen atoms in total. The predicted octanol–water partition coefficient (Wildman–Crippen LogP) is 1.99. The maximum absolute atomic E-state index is 12.2. The molecular formula is C13H14N2O4. The van der Waals surface area contributed by atoms with Crippen LogP contribution in [-0.4, -0.2) is 26.6 Å². The van der Waals surface area contributed by atoms with Gasteiger partial charge in [-0.15, -0.1) is 0 Å². The van der Waals surface area contributed by atoms with Gasteiger partial charge in [-0.2, -0.15) is 5.10 Å². The van der Waals surface area contributed by atoms with Crippen LogP contribution in [0.3, 0.4) is 0 Å². The topological polar surface area (TPSA) is 85.3 Å². The third-order valence-corrected chi connectivity index (χ3v) is 2.77. The molecular weight excluding hydrogens is 248 g/mol. The fourth-order valence-electron chi connectivity index (χ4n) is 1.77. The lowest BCUT2D eigenvalue weighted by atomic mass is 10.2. The number of carbonyl (C=O) groups is 2. The van der Waals surface area contributed by atoms with Gasteiger partial charge >= 0.3 is 5.97 Å². The molecule has 0 spiro atoms. The summed E-state index contributed by atoms with van der Waals surface area (Å²) in [4.78, 5) is 23.0. The van der Waals surface area contributed by atoms with E-state index in [1.165, 1.54) is 12.1 Å². The van der Waals surface area contributed by atoms with E-state index in [2.05, 4.69) is 5.10 Å². The maximum atomic E-state index is 12.2. The van der Waals surface area contributed by atoms with E-state index < -0.39 is 5.97 Å². The molecule has 2 aromatic rings. The van der Waals surface area contributed by atoms with Gasteiger partial charge in [0.1, 0.15) is 5.69 Å². The third kappa shape index (κ3) is 2.42. The van der Waals surface area contributed by atoms with Crippen molar-refractivity contribution < 1.29 is 19.1 Å². The molecule has 0 aliphatic carbocycles. The second-order valence-corrected chi connectivity index (χ2v) is 3.99. The zero-order valence-electron chi connectivity index (χ0n) is 10.7. The van der Waals surface area contributed by atoms with Crippen molar-refractivity contribution in [3.05, 3.63) is 41.1 Å². The van der Waals surface area contributed by atoms with Crippen molar-refractivity contribution in [3.63, 3.8) is 0 Å². The SMILES string of the molecule is CCc1cc(C(=O)c2ccc(C(=O)O)o2)n(CC)n1. The molecule has 0 aromatic carbocycles. The number of carboxylic acids is 1. The number of carbonyl (C=O) groups excluding carboxylic acids is 1. The van der Waals surface area contributed by atoms with Gasteiger partial charge in [-0.3, -0.25) is 9.48 Å². The highest BCUT2D eigenvalue weighted by Gasteiger charge is 2.20. The van der Waals surface area contributed by atoms with Crippen molar-refractivity contribution in [3.8, 4) is 0 Å². The first-order valence-corrected chi connectivity index (χ1v) is 6.01. The van der Waals surface area contributed by atoms with E-state index in [0.29, 0.717) is 12.2 Å². The van der Waals surface area contributed by atoms with Crippen LogP contribution in [0.2, 0.25) is 0 Å². The lowest BCUT2D eigenvalue weighted by Gasteiger charge is -2.00. The summed E-state index contributed by atoms with van der Waals surface area (Å²) in [5.41, 5.74) is 1.22. The maximum Gasteiger partial charge on any atom is 0.371 e. The highest BCUT2D eigenvalue weighted by atomic mass is 16.4. The molecule has 0 aliphatic heterocycles. The summed E-state index contributed by atoms with van der Waals surface area (Å²) >= 11 is 0. The van der Waals surface area contributed by atoms with Gasteiger partial charge in [0.05, 0.1) is 5.69 Å². The van der Waals surface area contributed by atoms with Gasteiger partial charge in [-0.05, 0) is 31.5 Å². The van der Waals surface area contributed by atoms with Crippen LogP contribution in [-0.2, 0) is 13.0 Å². The molecule has 2 aromatic heterocycles. The number of hydrogen-bond donors (Lipinski definition) is 1. The molecule has 6 heteroatoms. The number of ketones is 1. The average molecular weight is 262 g/mol. The molecule has 0 bridgehead atoms. The first-order valence-electron chi connectivity index (χ1n) is 6.01. The highest BCUT2D eigenvalue weighted by Crippen LogP contribution is 2.15. The van der Waals surface area contributed by atoms with E-state index >= 15 is 0 Å². The minimum atomic E-state index is -1.20. The molecule has 19 heavy (non-hydrogen) atoms. The lowest BCUT2D eigenvalue weighted by Crippen LogP contribution is -2.10. The number of hydrogen-bond acceptors (Lipinski definition) is 4. The summed E-state index contributed by atoms with van der Waals surface area (Å²) in [6, 6.07) is 4.34. The number of furan rings is 1. The molecule has 100 valence electrons. The number of aromatic carboxylic acids is 1. The van der Waals surface area contributed by atoms with Crippen LogP contribution in [0.15, 0.2) is 22.6 Å². The molecule has 0 saturated carbocycles. The highest BCUT2D eigenvalue weighted by molar-refractivity contribution is 6.06. The third-order valence-electron chi connectivity index (χ3n) is 2.77. The first kappa shape index (κ1) is 13.1. The fraction of sp³-hybridized carbons (Fsp3) is 0.308. The van der Waals surface area contributed by atoms with Crippen LogP contribution in [0.5, 0.6) is 0 Å². The summed E-state index contributed by atoms with van der Waals surface area (Å²) in [7, 11) is 0. The number of aryl methyl sites for hydroxylation is 2. The standard InChI is InChI=1S/C13H14N2O4/c1-3-8-7-9(15(4-2)14-8)12(16)10-5-6-11(19-10)13(17)18/h5-7H,3-4H2,1-2H3,(H,17,18). The fourth-order valence-corrected chi connectivity index (χ4v) is 1.77. The second-order valence-electron chi connectivity index (χ2n) is 3.99. The molecule has 0 saturated heterocycles. The lowest BCUT2D eigenvalue weighted by molar-refractivity contribution is 0.0660. The van der Waals surface area contributed by atoms with Gasteiger partial charge in [-0.25, -0.2) is 4.79 Å². The second kappa shape index (κ2) is 5.09.